The van der Waals surface area contributed by atoms with Gasteiger partial charge in [-0.3, -0.25) is 0 Å². The molecule has 0 bridgehead atoms. The van der Waals surface area contributed by atoms with Gasteiger partial charge in [0, 0.05) is 15.5 Å². The maximum Gasteiger partial charge on any atom is 0.103 e. The van der Waals surface area contributed by atoms with E-state index in [4.69, 9.17) is 5.73 Å². The molecule has 0 saturated carbocycles. The number of hydrogen-bond acceptors (Lipinski definition) is 4. The lowest BCUT2D eigenvalue weighted by Crippen LogP contribution is -1.87. The molecular formula is C12H14N2S2. The zero-order chi connectivity index (χ0) is 11.5. The third kappa shape index (κ3) is 2.57. The van der Waals surface area contributed by atoms with Crippen molar-refractivity contribution in [1.82, 2.24) is 4.98 Å². The first kappa shape index (κ1) is 11.5. The van der Waals surface area contributed by atoms with Crippen LogP contribution in [0.25, 0.3) is 0 Å². The lowest BCUT2D eigenvalue weighted by molar-refractivity contribution is 1.16. The van der Waals surface area contributed by atoms with Crippen LogP contribution in [0.15, 0.2) is 29.2 Å². The lowest BCUT2D eigenvalue weighted by Gasteiger charge is -2.02. The van der Waals surface area contributed by atoms with Crippen LogP contribution in [0.1, 0.15) is 15.6 Å². The Morgan fingerprint density at radius 2 is 2.06 bits per heavy atom. The van der Waals surface area contributed by atoms with Crippen molar-refractivity contribution in [2.24, 2.45) is 0 Å². The van der Waals surface area contributed by atoms with Crippen LogP contribution < -0.4 is 5.73 Å². The molecule has 0 aliphatic carbocycles. The Balaban J connectivity index is 2.05. The van der Waals surface area contributed by atoms with Gasteiger partial charge >= 0.3 is 0 Å². The number of thiazole rings is 1. The highest BCUT2D eigenvalue weighted by molar-refractivity contribution is 7.98. The van der Waals surface area contributed by atoms with Crippen molar-refractivity contribution < 1.29 is 0 Å². The Bertz CT molecular complexity index is 472. The van der Waals surface area contributed by atoms with Crippen LogP contribution in [0.5, 0.6) is 0 Å². The maximum absolute atomic E-state index is 5.88. The van der Waals surface area contributed by atoms with E-state index in [1.54, 1.807) is 23.1 Å². The van der Waals surface area contributed by atoms with Crippen LogP contribution in [0.3, 0.4) is 0 Å². The molecule has 0 unspecified atom stereocenters. The van der Waals surface area contributed by atoms with Crippen LogP contribution >= 0.6 is 23.1 Å². The topological polar surface area (TPSA) is 38.9 Å². The number of benzene rings is 1. The summed E-state index contributed by atoms with van der Waals surface area (Å²) in [5, 5.41) is 1.17. The van der Waals surface area contributed by atoms with E-state index in [0.29, 0.717) is 0 Å². The number of aromatic nitrogens is 1. The van der Waals surface area contributed by atoms with Gasteiger partial charge in [-0.25, -0.2) is 4.98 Å². The summed E-state index contributed by atoms with van der Waals surface area (Å²) in [5.41, 5.74) is 7.87. The highest BCUT2D eigenvalue weighted by atomic mass is 32.2. The molecule has 0 amide bonds. The first-order valence-corrected chi connectivity index (χ1v) is 6.87. The molecule has 4 heteroatoms. The molecule has 1 heterocycles. The van der Waals surface area contributed by atoms with Crippen LogP contribution in [-0.4, -0.2) is 4.98 Å². The second kappa shape index (κ2) is 4.89. The number of thioether (sulfide) groups is 1. The van der Waals surface area contributed by atoms with E-state index in [0.717, 1.165) is 22.0 Å². The molecule has 0 atom stereocenters. The lowest BCUT2D eigenvalue weighted by atomic mass is 10.3. The molecule has 0 saturated heterocycles. The van der Waals surface area contributed by atoms with Crippen LogP contribution in [0.2, 0.25) is 0 Å². The molecule has 84 valence electrons. The molecule has 0 radical (unpaired) electrons. The number of hydrogen-bond donors (Lipinski definition) is 1. The predicted molar refractivity (Wildman–Crippen MR) is 72.0 cm³/mol. The molecule has 2 rings (SSSR count). The minimum Gasteiger partial charge on any atom is -0.398 e. The first-order chi connectivity index (χ1) is 7.66. The van der Waals surface area contributed by atoms with Crippen molar-refractivity contribution >= 4 is 28.8 Å². The van der Waals surface area contributed by atoms with Gasteiger partial charge in [0.1, 0.15) is 5.01 Å². The van der Waals surface area contributed by atoms with E-state index in [9.17, 15) is 0 Å². The third-order valence-electron chi connectivity index (χ3n) is 2.34. The second-order valence-electron chi connectivity index (χ2n) is 3.58. The standard InChI is InChI=1S/C12H14N2S2/c1-8-9(2)16-12(14-8)7-15-11-6-4-3-5-10(11)13/h3-6H,7,13H2,1-2H3. The molecule has 1 aromatic heterocycles. The fraction of sp³-hybridized carbons (Fsp3) is 0.250. The highest BCUT2D eigenvalue weighted by Crippen LogP contribution is 2.29. The maximum atomic E-state index is 5.88. The smallest absolute Gasteiger partial charge is 0.103 e. The van der Waals surface area contributed by atoms with Gasteiger partial charge in [0.05, 0.1) is 11.4 Å². The van der Waals surface area contributed by atoms with Gasteiger partial charge in [-0.05, 0) is 26.0 Å². The molecule has 0 aliphatic rings. The number of para-hydroxylation sites is 1. The number of anilines is 1. The summed E-state index contributed by atoms with van der Waals surface area (Å²) in [6, 6.07) is 7.95. The molecule has 2 aromatic rings. The third-order valence-corrected chi connectivity index (χ3v) is 4.70. The largest absolute Gasteiger partial charge is 0.398 e. The van der Waals surface area contributed by atoms with Crippen LogP contribution in [-0.2, 0) is 5.75 Å². The molecular weight excluding hydrogens is 236 g/mol. The number of nitrogen functional groups attached to an aromatic ring is 1. The van der Waals surface area contributed by atoms with Crippen molar-refractivity contribution in [1.29, 1.82) is 0 Å². The van der Waals surface area contributed by atoms with Crippen molar-refractivity contribution in [3.8, 4) is 0 Å². The minimum atomic E-state index is 0.845. The van der Waals surface area contributed by atoms with Gasteiger partial charge < -0.3 is 5.73 Å². The van der Waals surface area contributed by atoms with Gasteiger partial charge in [0.2, 0.25) is 0 Å². The second-order valence-corrected chi connectivity index (χ2v) is 5.88. The molecule has 0 spiro atoms. The summed E-state index contributed by atoms with van der Waals surface area (Å²) < 4.78 is 0. The van der Waals surface area contributed by atoms with Gasteiger partial charge in [-0.2, -0.15) is 0 Å². The summed E-state index contributed by atoms with van der Waals surface area (Å²) in [6.07, 6.45) is 0. The normalized spacial score (nSPS) is 10.6. The van der Waals surface area contributed by atoms with Crippen molar-refractivity contribution in [2.45, 2.75) is 24.5 Å². The summed E-state index contributed by atoms with van der Waals surface area (Å²) in [5.74, 6) is 0.896. The van der Waals surface area contributed by atoms with Crippen molar-refractivity contribution in [3.05, 3.63) is 39.8 Å². The zero-order valence-corrected chi connectivity index (χ0v) is 11.0. The van der Waals surface area contributed by atoms with Crippen LogP contribution in [0.4, 0.5) is 5.69 Å². The predicted octanol–water partition coefficient (Wildman–Crippen LogP) is 3.63. The van der Waals surface area contributed by atoms with Crippen LogP contribution in [0, 0.1) is 13.8 Å². The highest BCUT2D eigenvalue weighted by Gasteiger charge is 2.05. The minimum absolute atomic E-state index is 0.845. The van der Waals surface area contributed by atoms with Gasteiger partial charge in [-0.1, -0.05) is 12.1 Å². The van der Waals surface area contributed by atoms with Crippen molar-refractivity contribution in [2.75, 3.05) is 5.73 Å². The quantitative estimate of drug-likeness (QED) is 0.668. The van der Waals surface area contributed by atoms with Gasteiger partial charge in [-0.15, -0.1) is 23.1 Å². The molecule has 16 heavy (non-hydrogen) atoms. The average Bonchev–Trinajstić information content (AvgIpc) is 2.57. The molecule has 0 fully saturated rings. The summed E-state index contributed by atoms with van der Waals surface area (Å²) >= 11 is 3.51. The molecule has 2 nitrogen and oxygen atoms in total. The van der Waals surface area contributed by atoms with E-state index >= 15 is 0 Å². The summed E-state index contributed by atoms with van der Waals surface area (Å²) in [7, 11) is 0. The van der Waals surface area contributed by atoms with Gasteiger partial charge in [0.25, 0.3) is 0 Å². The Morgan fingerprint density at radius 3 is 2.69 bits per heavy atom. The number of rotatable bonds is 3. The monoisotopic (exact) mass is 250 g/mol. The average molecular weight is 250 g/mol. The summed E-state index contributed by atoms with van der Waals surface area (Å²) in [6.45, 7) is 4.16. The van der Waals surface area contributed by atoms with E-state index in [1.807, 2.05) is 24.3 Å². The molecule has 2 N–H and O–H groups in total. The van der Waals surface area contributed by atoms with E-state index in [-0.39, 0.29) is 0 Å². The fourth-order valence-corrected chi connectivity index (χ4v) is 3.25. The zero-order valence-electron chi connectivity index (χ0n) is 9.36. The molecule has 1 aromatic carbocycles. The Hall–Kier alpha value is -1.00. The Kier molecular flexibility index (Phi) is 3.51. The SMILES string of the molecule is Cc1nc(CSc2ccccc2N)sc1C. The fourth-order valence-electron chi connectivity index (χ4n) is 1.35. The van der Waals surface area contributed by atoms with E-state index in [1.165, 1.54) is 9.88 Å². The number of nitrogens with zero attached hydrogens (tertiary/aromatic N) is 1. The number of aryl methyl sites for hydroxylation is 2. The van der Waals surface area contributed by atoms with Gasteiger partial charge in [0.15, 0.2) is 0 Å². The number of nitrogens with two attached hydrogens (primary N) is 1. The van der Waals surface area contributed by atoms with E-state index < -0.39 is 0 Å². The Morgan fingerprint density at radius 1 is 1.31 bits per heavy atom. The molecule has 0 aliphatic heterocycles. The Labute approximate surface area is 104 Å². The van der Waals surface area contributed by atoms with Crippen molar-refractivity contribution in [3.63, 3.8) is 0 Å². The van der Waals surface area contributed by atoms with E-state index in [2.05, 4.69) is 18.8 Å². The summed E-state index contributed by atoms with van der Waals surface area (Å²) in [4.78, 5) is 6.95. The first-order valence-electron chi connectivity index (χ1n) is 5.07.